The van der Waals surface area contributed by atoms with Gasteiger partial charge in [-0.15, -0.1) is 0 Å². The van der Waals surface area contributed by atoms with Crippen LogP contribution in [0.15, 0.2) is 61.2 Å². The Bertz CT molecular complexity index is 847. The summed E-state index contributed by atoms with van der Waals surface area (Å²) in [5.41, 5.74) is 3.50. The normalized spacial score (nSPS) is 23.6. The van der Waals surface area contributed by atoms with Crippen molar-refractivity contribution in [1.29, 1.82) is 0 Å². The van der Waals surface area contributed by atoms with E-state index in [0.717, 1.165) is 30.9 Å². The van der Waals surface area contributed by atoms with Gasteiger partial charge in [0, 0.05) is 19.3 Å². The highest BCUT2D eigenvalue weighted by Crippen LogP contribution is 2.28. The number of hydrogen-bond donors (Lipinski definition) is 0. The maximum atomic E-state index is 12.1. The minimum absolute atomic E-state index is 0.292. The van der Waals surface area contributed by atoms with Gasteiger partial charge >= 0.3 is 11.9 Å². The van der Waals surface area contributed by atoms with E-state index >= 15 is 0 Å². The molecule has 158 valence electrons. The third-order valence-electron chi connectivity index (χ3n) is 5.37. The van der Waals surface area contributed by atoms with Gasteiger partial charge in [-0.2, -0.15) is 0 Å². The Labute approximate surface area is 177 Å². The molecule has 3 rings (SSSR count). The molecule has 0 aromatic heterocycles. The van der Waals surface area contributed by atoms with Crippen LogP contribution in [0.25, 0.3) is 11.6 Å². The van der Waals surface area contributed by atoms with Crippen molar-refractivity contribution in [3.8, 4) is 0 Å². The van der Waals surface area contributed by atoms with Crippen molar-refractivity contribution in [2.75, 3.05) is 7.11 Å². The maximum absolute atomic E-state index is 12.1. The van der Waals surface area contributed by atoms with Gasteiger partial charge in [0.05, 0.1) is 6.10 Å². The number of hydrogen-bond acceptors (Lipinski definition) is 5. The number of carbonyl (C=O) groups excluding carboxylic acids is 2. The van der Waals surface area contributed by atoms with E-state index in [2.05, 4.69) is 24.8 Å². The van der Waals surface area contributed by atoms with E-state index in [4.69, 9.17) is 14.2 Å². The quantitative estimate of drug-likeness (QED) is 0.374. The molecule has 0 N–H and O–H groups in total. The second kappa shape index (κ2) is 10.7. The lowest BCUT2D eigenvalue weighted by Crippen LogP contribution is -2.24. The van der Waals surface area contributed by atoms with E-state index in [1.165, 1.54) is 17.2 Å². The molecule has 0 heterocycles. The molecule has 0 spiro atoms. The first kappa shape index (κ1) is 21.8. The lowest BCUT2D eigenvalue weighted by Gasteiger charge is -2.22. The summed E-state index contributed by atoms with van der Waals surface area (Å²) in [4.78, 5) is 23.3. The highest BCUT2D eigenvalue weighted by molar-refractivity contribution is 5.87. The van der Waals surface area contributed by atoms with Crippen LogP contribution in [0, 0.1) is 0 Å². The zero-order valence-corrected chi connectivity index (χ0v) is 17.3. The molecule has 2 aliphatic rings. The molecule has 5 nitrogen and oxygen atoms in total. The van der Waals surface area contributed by atoms with Crippen molar-refractivity contribution in [2.24, 2.45) is 0 Å². The lowest BCUT2D eigenvalue weighted by molar-refractivity contribution is -0.145. The van der Waals surface area contributed by atoms with E-state index in [9.17, 15) is 9.59 Å². The third-order valence-corrected chi connectivity index (χ3v) is 5.37. The molecule has 0 bridgehead atoms. The van der Waals surface area contributed by atoms with Gasteiger partial charge in [0.15, 0.2) is 0 Å². The monoisotopic (exact) mass is 408 g/mol. The van der Waals surface area contributed by atoms with E-state index < -0.39 is 11.9 Å². The van der Waals surface area contributed by atoms with E-state index in [1.54, 1.807) is 25.3 Å². The Morgan fingerprint density at radius 3 is 2.20 bits per heavy atom. The molecule has 0 radical (unpaired) electrons. The lowest BCUT2D eigenvalue weighted by atomic mass is 9.91. The molecular formula is C25H28O5. The first-order valence-electron chi connectivity index (χ1n) is 10.3. The van der Waals surface area contributed by atoms with Crippen LogP contribution in [0.2, 0.25) is 0 Å². The molecule has 5 heteroatoms. The second-order valence-electron chi connectivity index (χ2n) is 7.43. The van der Waals surface area contributed by atoms with E-state index in [-0.39, 0.29) is 12.2 Å². The number of esters is 2. The SMILES string of the molecule is C=CC(=O)OC1C=CC(OC(=O)/C=C/c2ccc(C3=CCC(OC)CC3)cc2)CC1. The smallest absolute Gasteiger partial charge is 0.331 e. The molecule has 1 aromatic rings. The molecule has 0 fully saturated rings. The van der Waals surface area contributed by atoms with Crippen LogP contribution in [0.1, 0.15) is 43.2 Å². The Hall–Kier alpha value is -2.92. The molecular weight excluding hydrogens is 380 g/mol. The second-order valence-corrected chi connectivity index (χ2v) is 7.43. The van der Waals surface area contributed by atoms with Gasteiger partial charge in [-0.3, -0.25) is 0 Å². The standard InChI is InChI=1S/C25H28O5/c1-3-24(26)29-22-13-15-23(16-14-22)30-25(27)17-6-18-4-7-19(8-5-18)20-9-11-21(28-2)12-10-20/h3-9,13,15,17,21-23H,1,10-12,14,16H2,2H3/b17-6+. The van der Waals surface area contributed by atoms with Crippen LogP contribution in [0.5, 0.6) is 0 Å². The van der Waals surface area contributed by atoms with Crippen molar-refractivity contribution < 1.29 is 23.8 Å². The fourth-order valence-corrected chi connectivity index (χ4v) is 3.61. The van der Waals surface area contributed by atoms with Crippen molar-refractivity contribution in [1.82, 2.24) is 0 Å². The van der Waals surface area contributed by atoms with Gasteiger partial charge in [0.2, 0.25) is 0 Å². The summed E-state index contributed by atoms with van der Waals surface area (Å²) < 4.78 is 16.0. The highest BCUT2D eigenvalue weighted by atomic mass is 16.5. The molecule has 0 saturated carbocycles. The molecule has 0 amide bonds. The summed E-state index contributed by atoms with van der Waals surface area (Å²) in [6.45, 7) is 3.38. The average molecular weight is 408 g/mol. The van der Waals surface area contributed by atoms with Gasteiger partial charge in [0.25, 0.3) is 0 Å². The predicted octanol–water partition coefficient (Wildman–Crippen LogP) is 4.64. The highest BCUT2D eigenvalue weighted by Gasteiger charge is 2.20. The number of benzene rings is 1. The number of carbonyl (C=O) groups is 2. The fraction of sp³-hybridized carbons (Fsp3) is 0.360. The zero-order chi connectivity index (χ0) is 21.3. The minimum atomic E-state index is -0.451. The molecule has 0 aliphatic heterocycles. The summed E-state index contributed by atoms with van der Waals surface area (Å²) >= 11 is 0. The van der Waals surface area contributed by atoms with Gasteiger partial charge in [-0.1, -0.05) is 36.9 Å². The Morgan fingerprint density at radius 2 is 1.67 bits per heavy atom. The molecule has 2 aliphatic carbocycles. The van der Waals surface area contributed by atoms with Gasteiger partial charge < -0.3 is 14.2 Å². The van der Waals surface area contributed by atoms with Gasteiger partial charge in [-0.25, -0.2) is 9.59 Å². The van der Waals surface area contributed by atoms with Crippen LogP contribution in [0.3, 0.4) is 0 Å². The van der Waals surface area contributed by atoms with Gasteiger partial charge in [0.1, 0.15) is 12.2 Å². The first-order chi connectivity index (χ1) is 14.6. The summed E-state index contributed by atoms with van der Waals surface area (Å²) in [5.74, 6) is -0.844. The molecule has 1 aromatic carbocycles. The minimum Gasteiger partial charge on any atom is -0.455 e. The van der Waals surface area contributed by atoms with Crippen LogP contribution in [-0.2, 0) is 23.8 Å². The zero-order valence-electron chi connectivity index (χ0n) is 17.3. The maximum Gasteiger partial charge on any atom is 0.331 e. The van der Waals surface area contributed by atoms with Gasteiger partial charge in [-0.05, 0) is 67.0 Å². The van der Waals surface area contributed by atoms with E-state index in [0.29, 0.717) is 18.9 Å². The van der Waals surface area contributed by atoms with Crippen LogP contribution < -0.4 is 0 Å². The van der Waals surface area contributed by atoms with Crippen molar-refractivity contribution in [3.05, 3.63) is 72.4 Å². The number of allylic oxidation sites excluding steroid dienone is 1. The summed E-state index contributed by atoms with van der Waals surface area (Å²) in [6.07, 6.45) is 14.1. The first-order valence-corrected chi connectivity index (χ1v) is 10.3. The predicted molar refractivity (Wildman–Crippen MR) is 116 cm³/mol. The van der Waals surface area contributed by atoms with Crippen molar-refractivity contribution >= 4 is 23.6 Å². The molecule has 0 saturated heterocycles. The Kier molecular flexibility index (Phi) is 7.80. The molecule has 3 unspecified atom stereocenters. The number of ether oxygens (including phenoxy) is 3. The summed E-state index contributed by atoms with van der Waals surface area (Å²) in [5, 5.41) is 0. The average Bonchev–Trinajstić information content (AvgIpc) is 2.79. The van der Waals surface area contributed by atoms with Crippen LogP contribution in [0.4, 0.5) is 0 Å². The van der Waals surface area contributed by atoms with Crippen molar-refractivity contribution in [3.63, 3.8) is 0 Å². The largest absolute Gasteiger partial charge is 0.455 e. The third kappa shape index (κ3) is 6.29. The Morgan fingerprint density at radius 1 is 1.00 bits per heavy atom. The number of rotatable bonds is 7. The Balaban J connectivity index is 1.48. The van der Waals surface area contributed by atoms with Crippen LogP contribution in [-0.4, -0.2) is 37.4 Å². The number of methoxy groups -OCH3 is 1. The fourth-order valence-electron chi connectivity index (χ4n) is 3.61. The molecule has 30 heavy (non-hydrogen) atoms. The van der Waals surface area contributed by atoms with Crippen LogP contribution >= 0.6 is 0 Å². The van der Waals surface area contributed by atoms with Crippen molar-refractivity contribution in [2.45, 2.75) is 50.4 Å². The summed E-state index contributed by atoms with van der Waals surface area (Å²) in [7, 11) is 1.76. The molecule has 3 atom stereocenters. The van der Waals surface area contributed by atoms with E-state index in [1.807, 2.05) is 12.1 Å². The summed E-state index contributed by atoms with van der Waals surface area (Å²) in [6, 6.07) is 8.17. The topological polar surface area (TPSA) is 61.8 Å².